The van der Waals surface area contributed by atoms with Gasteiger partial charge < -0.3 is 19.4 Å². The molecule has 0 radical (unpaired) electrons. The number of benzene rings is 1. The van der Waals surface area contributed by atoms with Crippen molar-refractivity contribution < 1.29 is 22.7 Å². The van der Waals surface area contributed by atoms with E-state index in [2.05, 4.69) is 4.98 Å². The number of sulfone groups is 1. The first kappa shape index (κ1) is 30.5. The summed E-state index contributed by atoms with van der Waals surface area (Å²) in [7, 11) is -3.58. The standard InChI is InChI=1S/C29H41N5O6S/c1-8-15-39-23-13-12-20(41(37,38)18(3)4)16-21(23)26-30-24-22(9-2)32-34(25(24)27(35)31-26)17-19-11-10-14-33(19)28(36)40-29(5,6)7/h12-13,16,18-19H,8-11,14-15,17H2,1-7H3,(H,30,31,35)/t19-/m0/s1. The van der Waals surface area contributed by atoms with Crippen molar-refractivity contribution in [3.63, 3.8) is 0 Å². The summed E-state index contributed by atoms with van der Waals surface area (Å²) in [6.07, 6.45) is 2.50. The van der Waals surface area contributed by atoms with Gasteiger partial charge in [-0.05, 0) is 78.5 Å². The number of hydrogen-bond acceptors (Lipinski definition) is 8. The molecule has 0 unspecified atom stereocenters. The number of aryl methyl sites for hydroxylation is 1. The molecule has 0 bridgehead atoms. The van der Waals surface area contributed by atoms with Crippen molar-refractivity contribution in [1.82, 2.24) is 24.6 Å². The van der Waals surface area contributed by atoms with E-state index in [1.807, 2.05) is 34.6 Å². The van der Waals surface area contributed by atoms with Crippen molar-refractivity contribution in [3.8, 4) is 17.1 Å². The highest BCUT2D eigenvalue weighted by Gasteiger charge is 2.33. The maximum Gasteiger partial charge on any atom is 0.410 e. The SMILES string of the molecule is CCCOc1ccc(S(=O)(=O)C(C)C)cc1-c1nc2c(CC)nn(C[C@@H]3CCCN3C(=O)OC(C)(C)C)c2c(=O)[nH]1. The fourth-order valence-corrected chi connectivity index (χ4v) is 6.00. The molecule has 224 valence electrons. The van der Waals surface area contributed by atoms with E-state index in [1.54, 1.807) is 29.5 Å². The average Bonchev–Trinajstić information content (AvgIpc) is 3.51. The summed E-state index contributed by atoms with van der Waals surface area (Å²) < 4.78 is 39.1. The number of hydrogen-bond donors (Lipinski definition) is 1. The number of amides is 1. The van der Waals surface area contributed by atoms with Gasteiger partial charge >= 0.3 is 6.09 Å². The highest BCUT2D eigenvalue weighted by Crippen LogP contribution is 2.32. The Morgan fingerprint density at radius 1 is 1.22 bits per heavy atom. The molecule has 2 aromatic heterocycles. The smallest absolute Gasteiger partial charge is 0.410 e. The van der Waals surface area contributed by atoms with Gasteiger partial charge in [-0.3, -0.25) is 9.48 Å². The van der Waals surface area contributed by atoms with E-state index in [0.29, 0.717) is 54.2 Å². The van der Waals surface area contributed by atoms with Crippen LogP contribution in [0, 0.1) is 0 Å². The Morgan fingerprint density at radius 2 is 1.95 bits per heavy atom. The Balaban J connectivity index is 1.78. The molecule has 0 saturated carbocycles. The first-order valence-corrected chi connectivity index (χ1v) is 15.8. The summed E-state index contributed by atoms with van der Waals surface area (Å²) in [5, 5.41) is 4.10. The zero-order chi connectivity index (χ0) is 30.1. The molecular formula is C29H41N5O6S. The van der Waals surface area contributed by atoms with E-state index in [1.165, 1.54) is 12.1 Å². The minimum Gasteiger partial charge on any atom is -0.493 e. The van der Waals surface area contributed by atoms with Crippen molar-refractivity contribution in [1.29, 1.82) is 0 Å². The molecule has 1 amide bonds. The quantitative estimate of drug-likeness (QED) is 0.380. The number of carbonyl (C=O) groups excluding carboxylic acids is 1. The number of nitrogens with zero attached hydrogens (tertiary/aromatic N) is 4. The lowest BCUT2D eigenvalue weighted by molar-refractivity contribution is 0.0212. The summed E-state index contributed by atoms with van der Waals surface area (Å²) >= 11 is 0. The van der Waals surface area contributed by atoms with Gasteiger partial charge in [0, 0.05) is 6.54 Å². The van der Waals surface area contributed by atoms with Gasteiger partial charge in [-0.15, -0.1) is 0 Å². The lowest BCUT2D eigenvalue weighted by Gasteiger charge is -2.28. The van der Waals surface area contributed by atoms with E-state index in [0.717, 1.165) is 19.3 Å². The zero-order valence-electron chi connectivity index (χ0n) is 25.0. The highest BCUT2D eigenvalue weighted by atomic mass is 32.2. The second-order valence-electron chi connectivity index (χ2n) is 11.7. The number of aromatic amines is 1. The van der Waals surface area contributed by atoms with Crippen LogP contribution in [0.15, 0.2) is 27.9 Å². The number of fused-ring (bicyclic) bond motifs is 1. The molecule has 3 aromatic rings. The molecule has 11 nitrogen and oxygen atoms in total. The van der Waals surface area contributed by atoms with Gasteiger partial charge in [0.2, 0.25) is 0 Å². The molecule has 0 spiro atoms. The largest absolute Gasteiger partial charge is 0.493 e. The lowest BCUT2D eigenvalue weighted by atomic mass is 10.1. The Morgan fingerprint density at radius 3 is 2.59 bits per heavy atom. The van der Waals surface area contributed by atoms with Crippen LogP contribution in [0.2, 0.25) is 0 Å². The molecule has 12 heteroatoms. The number of rotatable bonds is 9. The summed E-state index contributed by atoms with van der Waals surface area (Å²) in [4.78, 5) is 35.9. The molecule has 1 saturated heterocycles. The minimum atomic E-state index is -3.58. The van der Waals surface area contributed by atoms with Crippen LogP contribution in [0.4, 0.5) is 4.79 Å². The van der Waals surface area contributed by atoms with E-state index in [4.69, 9.17) is 19.6 Å². The van der Waals surface area contributed by atoms with Gasteiger partial charge in [-0.25, -0.2) is 18.2 Å². The second-order valence-corrected chi connectivity index (χ2v) is 14.2. The van der Waals surface area contributed by atoms with Gasteiger partial charge in [0.15, 0.2) is 15.4 Å². The van der Waals surface area contributed by atoms with Gasteiger partial charge in [0.1, 0.15) is 22.7 Å². The summed E-state index contributed by atoms with van der Waals surface area (Å²) in [6, 6.07) is 4.47. The van der Waals surface area contributed by atoms with Crippen LogP contribution in [0.1, 0.15) is 73.4 Å². The molecule has 1 fully saturated rings. The van der Waals surface area contributed by atoms with Crippen molar-refractivity contribution in [2.75, 3.05) is 13.2 Å². The van der Waals surface area contributed by atoms with Gasteiger partial charge in [-0.2, -0.15) is 5.10 Å². The van der Waals surface area contributed by atoms with Crippen LogP contribution >= 0.6 is 0 Å². The van der Waals surface area contributed by atoms with Crippen molar-refractivity contribution >= 4 is 27.0 Å². The molecule has 41 heavy (non-hydrogen) atoms. The van der Waals surface area contributed by atoms with Crippen molar-refractivity contribution in [2.24, 2.45) is 0 Å². The van der Waals surface area contributed by atoms with E-state index in [-0.39, 0.29) is 22.9 Å². The van der Waals surface area contributed by atoms with E-state index >= 15 is 0 Å². The Hall–Kier alpha value is -3.41. The molecule has 0 aliphatic carbocycles. The maximum absolute atomic E-state index is 13.6. The molecule has 1 aliphatic rings. The summed E-state index contributed by atoms with van der Waals surface area (Å²) in [6.45, 7) is 14.0. The van der Waals surface area contributed by atoms with Crippen molar-refractivity contribution in [2.45, 2.75) is 102 Å². The Kier molecular flexibility index (Phi) is 8.81. The molecular weight excluding hydrogens is 546 g/mol. The third-order valence-electron chi connectivity index (χ3n) is 7.01. The van der Waals surface area contributed by atoms with Crippen LogP contribution in [0.25, 0.3) is 22.4 Å². The first-order chi connectivity index (χ1) is 19.3. The first-order valence-electron chi connectivity index (χ1n) is 14.3. The molecule has 3 heterocycles. The fourth-order valence-electron chi connectivity index (χ4n) is 4.92. The lowest BCUT2D eigenvalue weighted by Crippen LogP contribution is -2.41. The second kappa shape index (κ2) is 11.8. The number of carbonyl (C=O) groups is 1. The number of likely N-dealkylation sites (tertiary alicyclic amines) is 1. The highest BCUT2D eigenvalue weighted by molar-refractivity contribution is 7.92. The van der Waals surface area contributed by atoms with Crippen LogP contribution in [-0.2, 0) is 27.5 Å². The molecule has 1 N–H and O–H groups in total. The van der Waals surface area contributed by atoms with Gasteiger partial charge in [-0.1, -0.05) is 13.8 Å². The number of H-pyrrole nitrogens is 1. The van der Waals surface area contributed by atoms with E-state index < -0.39 is 26.2 Å². The molecule has 1 aromatic carbocycles. The fraction of sp³-hybridized carbons (Fsp3) is 0.586. The monoisotopic (exact) mass is 587 g/mol. The molecule has 4 rings (SSSR count). The van der Waals surface area contributed by atoms with Crippen LogP contribution in [0.5, 0.6) is 5.75 Å². The van der Waals surface area contributed by atoms with Gasteiger partial charge in [0.25, 0.3) is 5.56 Å². The summed E-state index contributed by atoms with van der Waals surface area (Å²) in [5.41, 5.74) is 0.755. The normalized spacial score (nSPS) is 16.1. The third kappa shape index (κ3) is 6.42. The number of nitrogens with one attached hydrogen (secondary N) is 1. The van der Waals surface area contributed by atoms with Crippen LogP contribution in [0.3, 0.4) is 0 Å². The van der Waals surface area contributed by atoms with Crippen LogP contribution < -0.4 is 10.3 Å². The number of aromatic nitrogens is 4. The molecule has 1 atom stereocenters. The van der Waals surface area contributed by atoms with Crippen LogP contribution in [-0.4, -0.2) is 69.2 Å². The number of ether oxygens (including phenoxy) is 2. The van der Waals surface area contributed by atoms with Crippen molar-refractivity contribution in [3.05, 3.63) is 34.2 Å². The molecule has 1 aliphatic heterocycles. The maximum atomic E-state index is 13.6. The predicted molar refractivity (Wildman–Crippen MR) is 157 cm³/mol. The zero-order valence-corrected chi connectivity index (χ0v) is 25.8. The Bertz CT molecular complexity index is 1590. The predicted octanol–water partition coefficient (Wildman–Crippen LogP) is 4.72. The third-order valence-corrected chi connectivity index (χ3v) is 9.16. The topological polar surface area (TPSA) is 136 Å². The summed E-state index contributed by atoms with van der Waals surface area (Å²) in [5.74, 6) is 0.640. The average molecular weight is 588 g/mol. The minimum absolute atomic E-state index is 0.129. The van der Waals surface area contributed by atoms with Gasteiger partial charge in [0.05, 0.1) is 40.6 Å². The Labute approximate surface area is 241 Å². The van der Waals surface area contributed by atoms with E-state index in [9.17, 15) is 18.0 Å².